The number of thiazole rings is 1. The second-order valence-corrected chi connectivity index (χ2v) is 6.20. The Hall–Kier alpha value is -0.690. The standard InChI is InChI=1S/C13H24N4OS/c1-10-8-16(3)5-6-17(10)13-15-11(9-18-4)12(19-13)7-14-2/h10,14H,5-9H2,1-4H3. The molecule has 1 N–H and O–H groups in total. The normalized spacial score (nSPS) is 21.1. The van der Waals surface area contributed by atoms with Gasteiger partial charge in [0, 0.05) is 44.2 Å². The zero-order valence-corrected chi connectivity index (χ0v) is 13.1. The number of hydrogen-bond donors (Lipinski definition) is 1. The van der Waals surface area contributed by atoms with Crippen molar-refractivity contribution in [2.75, 3.05) is 45.7 Å². The molecule has 2 heterocycles. The highest BCUT2D eigenvalue weighted by atomic mass is 32.1. The summed E-state index contributed by atoms with van der Waals surface area (Å²) in [4.78, 5) is 10.9. The van der Waals surface area contributed by atoms with E-state index in [4.69, 9.17) is 9.72 Å². The Bertz CT molecular complexity index is 386. The average molecular weight is 284 g/mol. The van der Waals surface area contributed by atoms with Crippen LogP contribution in [0.3, 0.4) is 0 Å². The molecule has 1 unspecified atom stereocenters. The number of ether oxygens (including phenoxy) is 1. The molecule has 0 radical (unpaired) electrons. The number of methoxy groups -OCH3 is 1. The lowest BCUT2D eigenvalue weighted by molar-refractivity contribution is 0.181. The Morgan fingerprint density at radius 3 is 2.89 bits per heavy atom. The molecular formula is C13H24N4OS. The van der Waals surface area contributed by atoms with Crippen LogP contribution in [0.1, 0.15) is 17.5 Å². The third kappa shape index (κ3) is 3.45. The summed E-state index contributed by atoms with van der Waals surface area (Å²) in [7, 11) is 5.87. The van der Waals surface area contributed by atoms with E-state index in [1.54, 1.807) is 18.4 Å². The van der Waals surface area contributed by atoms with Crippen LogP contribution in [0.5, 0.6) is 0 Å². The third-order valence-electron chi connectivity index (χ3n) is 3.46. The largest absolute Gasteiger partial charge is 0.378 e. The van der Waals surface area contributed by atoms with E-state index >= 15 is 0 Å². The molecule has 0 amide bonds. The summed E-state index contributed by atoms with van der Waals surface area (Å²) >= 11 is 1.79. The predicted octanol–water partition coefficient (Wildman–Crippen LogP) is 1.15. The topological polar surface area (TPSA) is 40.6 Å². The molecule has 0 aliphatic carbocycles. The van der Waals surface area contributed by atoms with Gasteiger partial charge in [-0.15, -0.1) is 11.3 Å². The van der Waals surface area contributed by atoms with Gasteiger partial charge in [-0.2, -0.15) is 0 Å². The lowest BCUT2D eigenvalue weighted by Gasteiger charge is -2.38. The van der Waals surface area contributed by atoms with Crippen LogP contribution in [-0.4, -0.2) is 56.8 Å². The maximum absolute atomic E-state index is 5.25. The zero-order valence-electron chi connectivity index (χ0n) is 12.3. The number of nitrogens with one attached hydrogen (secondary N) is 1. The number of nitrogens with zero attached hydrogens (tertiary/aromatic N) is 3. The van der Waals surface area contributed by atoms with Crippen LogP contribution in [0.4, 0.5) is 5.13 Å². The maximum atomic E-state index is 5.25. The summed E-state index contributed by atoms with van der Waals surface area (Å²) in [6.07, 6.45) is 0. The van der Waals surface area contributed by atoms with E-state index in [9.17, 15) is 0 Å². The van der Waals surface area contributed by atoms with Crippen molar-refractivity contribution in [3.8, 4) is 0 Å². The molecule has 0 spiro atoms. The second-order valence-electron chi connectivity index (χ2n) is 5.13. The van der Waals surface area contributed by atoms with Gasteiger partial charge in [-0.3, -0.25) is 0 Å². The fraction of sp³-hybridized carbons (Fsp3) is 0.769. The minimum Gasteiger partial charge on any atom is -0.378 e. The SMILES string of the molecule is CNCc1sc(N2CCN(C)CC2C)nc1COC. The third-order valence-corrected chi connectivity index (χ3v) is 4.60. The van der Waals surface area contributed by atoms with Crippen molar-refractivity contribution < 1.29 is 4.74 Å². The fourth-order valence-electron chi connectivity index (χ4n) is 2.46. The van der Waals surface area contributed by atoms with E-state index < -0.39 is 0 Å². The summed E-state index contributed by atoms with van der Waals surface area (Å²) in [6.45, 7) is 6.97. The van der Waals surface area contributed by atoms with Gasteiger partial charge in [0.2, 0.25) is 0 Å². The summed E-state index contributed by atoms with van der Waals surface area (Å²) in [6, 6.07) is 0.516. The molecule has 6 heteroatoms. The van der Waals surface area contributed by atoms with E-state index in [-0.39, 0.29) is 0 Å². The van der Waals surface area contributed by atoms with Crippen molar-refractivity contribution in [1.29, 1.82) is 0 Å². The molecule has 1 aliphatic rings. The van der Waals surface area contributed by atoms with Crippen LogP contribution in [0.25, 0.3) is 0 Å². The highest BCUT2D eigenvalue weighted by Crippen LogP contribution is 2.29. The lowest BCUT2D eigenvalue weighted by Crippen LogP contribution is -2.50. The molecule has 1 atom stereocenters. The van der Waals surface area contributed by atoms with Gasteiger partial charge in [0.05, 0.1) is 12.3 Å². The van der Waals surface area contributed by atoms with Gasteiger partial charge in [-0.05, 0) is 21.0 Å². The first-order valence-electron chi connectivity index (χ1n) is 6.73. The quantitative estimate of drug-likeness (QED) is 0.878. The van der Waals surface area contributed by atoms with Gasteiger partial charge in [0.15, 0.2) is 5.13 Å². The maximum Gasteiger partial charge on any atom is 0.186 e. The van der Waals surface area contributed by atoms with Gasteiger partial charge < -0.3 is 19.9 Å². The van der Waals surface area contributed by atoms with E-state index in [0.29, 0.717) is 12.6 Å². The lowest BCUT2D eigenvalue weighted by atomic mass is 10.2. The Morgan fingerprint density at radius 2 is 2.26 bits per heavy atom. The number of aromatic nitrogens is 1. The first-order valence-corrected chi connectivity index (χ1v) is 7.54. The summed E-state index contributed by atoms with van der Waals surface area (Å²) in [5.41, 5.74) is 1.07. The smallest absolute Gasteiger partial charge is 0.186 e. The molecule has 1 aromatic heterocycles. The molecule has 1 aliphatic heterocycles. The van der Waals surface area contributed by atoms with Crippen LogP contribution < -0.4 is 10.2 Å². The minimum atomic E-state index is 0.516. The van der Waals surface area contributed by atoms with E-state index in [1.807, 2.05) is 7.05 Å². The minimum absolute atomic E-state index is 0.516. The first-order chi connectivity index (χ1) is 9.15. The Morgan fingerprint density at radius 1 is 1.47 bits per heavy atom. The van der Waals surface area contributed by atoms with Gasteiger partial charge in [-0.25, -0.2) is 4.98 Å². The van der Waals surface area contributed by atoms with Crippen LogP contribution in [0.15, 0.2) is 0 Å². The number of likely N-dealkylation sites (N-methyl/N-ethyl adjacent to an activating group) is 1. The van der Waals surface area contributed by atoms with Crippen molar-refractivity contribution in [3.63, 3.8) is 0 Å². The average Bonchev–Trinajstić information content (AvgIpc) is 2.73. The van der Waals surface area contributed by atoms with Crippen molar-refractivity contribution in [2.24, 2.45) is 0 Å². The highest BCUT2D eigenvalue weighted by molar-refractivity contribution is 7.15. The number of piperazine rings is 1. The van der Waals surface area contributed by atoms with E-state index in [2.05, 4.69) is 29.1 Å². The Balaban J connectivity index is 2.17. The molecule has 5 nitrogen and oxygen atoms in total. The molecule has 0 aromatic carbocycles. The molecule has 1 fully saturated rings. The highest BCUT2D eigenvalue weighted by Gasteiger charge is 2.25. The predicted molar refractivity (Wildman–Crippen MR) is 79.9 cm³/mol. The molecule has 0 bridgehead atoms. The van der Waals surface area contributed by atoms with Gasteiger partial charge >= 0.3 is 0 Å². The summed E-state index contributed by atoms with van der Waals surface area (Å²) in [5.74, 6) is 0. The van der Waals surface area contributed by atoms with Crippen LogP contribution >= 0.6 is 11.3 Å². The molecule has 1 aromatic rings. The molecular weight excluding hydrogens is 260 g/mol. The molecule has 2 rings (SSSR count). The fourth-order valence-corrected chi connectivity index (χ4v) is 3.67. The van der Waals surface area contributed by atoms with Crippen molar-refractivity contribution in [3.05, 3.63) is 10.6 Å². The van der Waals surface area contributed by atoms with Crippen molar-refractivity contribution in [1.82, 2.24) is 15.2 Å². The van der Waals surface area contributed by atoms with Crippen molar-refractivity contribution in [2.45, 2.75) is 26.1 Å². The monoisotopic (exact) mass is 284 g/mol. The summed E-state index contributed by atoms with van der Waals surface area (Å²) < 4.78 is 5.25. The van der Waals surface area contributed by atoms with Crippen LogP contribution in [0.2, 0.25) is 0 Å². The Kier molecular flexibility index (Phi) is 5.15. The van der Waals surface area contributed by atoms with Crippen LogP contribution in [-0.2, 0) is 17.9 Å². The number of anilines is 1. The van der Waals surface area contributed by atoms with Gasteiger partial charge in [-0.1, -0.05) is 0 Å². The molecule has 0 saturated carbocycles. The van der Waals surface area contributed by atoms with Gasteiger partial charge in [0.25, 0.3) is 0 Å². The molecule has 19 heavy (non-hydrogen) atoms. The molecule has 108 valence electrons. The Labute approximate surface area is 119 Å². The zero-order chi connectivity index (χ0) is 13.8. The van der Waals surface area contributed by atoms with Gasteiger partial charge in [0.1, 0.15) is 0 Å². The number of rotatable bonds is 5. The number of hydrogen-bond acceptors (Lipinski definition) is 6. The first kappa shape index (κ1) is 14.7. The van der Waals surface area contributed by atoms with E-state index in [1.165, 1.54) is 4.88 Å². The second kappa shape index (κ2) is 6.65. The molecule has 1 saturated heterocycles. The van der Waals surface area contributed by atoms with Crippen LogP contribution in [0, 0.1) is 0 Å². The van der Waals surface area contributed by atoms with E-state index in [0.717, 1.165) is 37.0 Å². The van der Waals surface area contributed by atoms with Crippen molar-refractivity contribution >= 4 is 16.5 Å². The summed E-state index contributed by atoms with van der Waals surface area (Å²) in [5, 5.41) is 4.34.